The Balaban J connectivity index is 1.52. The second-order valence-electron chi connectivity index (χ2n) is 8.17. The molecule has 0 radical (unpaired) electrons. The van der Waals surface area contributed by atoms with E-state index in [0.717, 1.165) is 40.6 Å². The number of likely N-dealkylation sites (tertiary alicyclic amines) is 1. The van der Waals surface area contributed by atoms with E-state index in [1.165, 1.54) is 0 Å². The molecular formula is C25H27N3O3. The lowest BCUT2D eigenvalue weighted by Gasteiger charge is -2.33. The van der Waals surface area contributed by atoms with Gasteiger partial charge in [-0.15, -0.1) is 0 Å². The molecule has 1 aliphatic rings. The van der Waals surface area contributed by atoms with Crippen LogP contribution in [0, 0.1) is 13.8 Å². The summed E-state index contributed by atoms with van der Waals surface area (Å²) in [6.07, 6.45) is 1.69. The van der Waals surface area contributed by atoms with E-state index in [-0.39, 0.29) is 18.4 Å². The van der Waals surface area contributed by atoms with Gasteiger partial charge in [0, 0.05) is 24.4 Å². The third kappa shape index (κ3) is 4.38. The number of piperidine rings is 1. The number of ether oxygens (including phenoxy) is 1. The molecule has 2 aromatic carbocycles. The highest BCUT2D eigenvalue weighted by Gasteiger charge is 2.29. The van der Waals surface area contributed by atoms with E-state index in [9.17, 15) is 9.59 Å². The fraction of sp³-hybridized carbons (Fsp3) is 0.320. The second kappa shape index (κ2) is 8.76. The minimum Gasteiger partial charge on any atom is -0.483 e. The van der Waals surface area contributed by atoms with Gasteiger partial charge in [0.05, 0.1) is 16.8 Å². The number of hydrogen-bond acceptors (Lipinski definition) is 4. The molecule has 0 saturated carbocycles. The number of carbonyl (C=O) groups excluding carboxylic acids is 2. The zero-order chi connectivity index (χ0) is 22.0. The molecule has 160 valence electrons. The van der Waals surface area contributed by atoms with Gasteiger partial charge in [0.15, 0.2) is 6.61 Å². The molecule has 4 rings (SSSR count). The van der Waals surface area contributed by atoms with Crippen LogP contribution in [-0.2, 0) is 4.79 Å². The van der Waals surface area contributed by atoms with Gasteiger partial charge in [-0.05, 0) is 49.9 Å². The number of pyridine rings is 1. The third-order valence-electron chi connectivity index (χ3n) is 5.93. The first kappa shape index (κ1) is 20.8. The smallest absolute Gasteiger partial charge is 0.260 e. The lowest BCUT2D eigenvalue weighted by molar-refractivity contribution is -0.134. The summed E-state index contributed by atoms with van der Waals surface area (Å²) in [4.78, 5) is 31.6. The van der Waals surface area contributed by atoms with Crippen LogP contribution in [0.5, 0.6) is 5.75 Å². The highest BCUT2D eigenvalue weighted by molar-refractivity contribution is 5.97. The van der Waals surface area contributed by atoms with Gasteiger partial charge in [0.2, 0.25) is 0 Å². The van der Waals surface area contributed by atoms with Crippen molar-refractivity contribution in [3.8, 4) is 5.75 Å². The first-order chi connectivity index (χ1) is 14.9. The van der Waals surface area contributed by atoms with Crippen molar-refractivity contribution in [3.05, 3.63) is 70.9 Å². The number of nitrogens with two attached hydrogens (primary N) is 1. The Kier molecular flexibility index (Phi) is 5.89. The molecule has 1 unspecified atom stereocenters. The predicted octanol–water partition coefficient (Wildman–Crippen LogP) is 3.74. The molecule has 1 saturated heterocycles. The molecule has 6 nitrogen and oxygen atoms in total. The van der Waals surface area contributed by atoms with E-state index >= 15 is 0 Å². The summed E-state index contributed by atoms with van der Waals surface area (Å²) in [5.74, 6) is 0.172. The normalized spacial score (nSPS) is 16.3. The van der Waals surface area contributed by atoms with Crippen LogP contribution in [0.25, 0.3) is 10.9 Å². The van der Waals surface area contributed by atoms with Crippen LogP contribution < -0.4 is 10.5 Å². The minimum atomic E-state index is -0.491. The predicted molar refractivity (Wildman–Crippen MR) is 120 cm³/mol. The van der Waals surface area contributed by atoms with E-state index in [2.05, 4.69) is 0 Å². The fourth-order valence-corrected chi connectivity index (χ4v) is 4.32. The van der Waals surface area contributed by atoms with Crippen molar-refractivity contribution in [1.29, 1.82) is 0 Å². The number of para-hydroxylation sites is 2. The number of aromatic nitrogens is 1. The Morgan fingerprint density at radius 2 is 1.87 bits per heavy atom. The average Bonchev–Trinajstić information content (AvgIpc) is 2.77. The number of rotatable bonds is 5. The summed E-state index contributed by atoms with van der Waals surface area (Å²) in [6.45, 7) is 5.11. The molecule has 2 N–H and O–H groups in total. The SMILES string of the molecule is Cc1cccc(C)c1OCC(=O)N1CCCC(c2nc3ccccc3cc2C(N)=O)C1. The molecule has 3 aromatic rings. The van der Waals surface area contributed by atoms with Crippen LogP contribution in [0.1, 0.15) is 45.9 Å². The Hall–Kier alpha value is -3.41. The molecular weight excluding hydrogens is 390 g/mol. The van der Waals surface area contributed by atoms with Crippen LogP contribution in [0.15, 0.2) is 48.5 Å². The van der Waals surface area contributed by atoms with Gasteiger partial charge < -0.3 is 15.4 Å². The van der Waals surface area contributed by atoms with Crippen molar-refractivity contribution in [1.82, 2.24) is 9.88 Å². The monoisotopic (exact) mass is 417 g/mol. The molecule has 2 heterocycles. The molecule has 6 heteroatoms. The van der Waals surface area contributed by atoms with E-state index < -0.39 is 5.91 Å². The van der Waals surface area contributed by atoms with Gasteiger partial charge in [0.25, 0.3) is 11.8 Å². The maximum atomic E-state index is 12.9. The quantitative estimate of drug-likeness (QED) is 0.685. The zero-order valence-electron chi connectivity index (χ0n) is 17.9. The van der Waals surface area contributed by atoms with Crippen LogP contribution in [-0.4, -0.2) is 41.4 Å². The summed E-state index contributed by atoms with van der Waals surface area (Å²) in [7, 11) is 0. The molecule has 0 aliphatic carbocycles. The highest BCUT2D eigenvalue weighted by Crippen LogP contribution is 2.30. The van der Waals surface area contributed by atoms with Crippen LogP contribution in [0.2, 0.25) is 0 Å². The first-order valence-electron chi connectivity index (χ1n) is 10.6. The Labute approximate surface area is 182 Å². The topological polar surface area (TPSA) is 85.5 Å². The highest BCUT2D eigenvalue weighted by atomic mass is 16.5. The van der Waals surface area contributed by atoms with Gasteiger partial charge in [-0.3, -0.25) is 14.6 Å². The number of nitrogens with zero attached hydrogens (tertiary/aromatic N) is 2. The Bertz CT molecular complexity index is 1120. The van der Waals surface area contributed by atoms with Crippen LogP contribution in [0.3, 0.4) is 0 Å². The molecule has 1 aliphatic heterocycles. The van der Waals surface area contributed by atoms with Crippen molar-refractivity contribution in [2.75, 3.05) is 19.7 Å². The van der Waals surface area contributed by atoms with E-state index in [1.54, 1.807) is 0 Å². The van der Waals surface area contributed by atoms with E-state index in [4.69, 9.17) is 15.5 Å². The molecule has 1 atom stereocenters. The first-order valence-corrected chi connectivity index (χ1v) is 10.6. The summed E-state index contributed by atoms with van der Waals surface area (Å²) >= 11 is 0. The molecule has 1 fully saturated rings. The maximum absolute atomic E-state index is 12.9. The number of aryl methyl sites for hydroxylation is 2. The fourth-order valence-electron chi connectivity index (χ4n) is 4.32. The summed E-state index contributed by atoms with van der Waals surface area (Å²) in [5.41, 5.74) is 9.63. The number of carbonyl (C=O) groups is 2. The van der Waals surface area contributed by atoms with Crippen molar-refractivity contribution < 1.29 is 14.3 Å². The number of fused-ring (bicyclic) bond motifs is 1. The molecule has 0 spiro atoms. The molecule has 31 heavy (non-hydrogen) atoms. The largest absolute Gasteiger partial charge is 0.483 e. The number of hydrogen-bond donors (Lipinski definition) is 1. The summed E-state index contributed by atoms with van der Waals surface area (Å²) in [6, 6.07) is 15.4. The van der Waals surface area contributed by atoms with Crippen molar-refractivity contribution in [2.45, 2.75) is 32.6 Å². The standard InChI is InChI=1S/C25H27N3O3/c1-16-7-5-8-17(2)24(16)31-15-22(29)28-12-6-10-19(14-28)23-20(25(26)30)13-18-9-3-4-11-21(18)27-23/h3-5,7-9,11,13,19H,6,10,12,14-15H2,1-2H3,(H2,26,30). The van der Waals surface area contributed by atoms with E-state index in [1.807, 2.05) is 67.3 Å². The van der Waals surface area contributed by atoms with Gasteiger partial charge >= 0.3 is 0 Å². The van der Waals surface area contributed by atoms with Gasteiger partial charge in [-0.25, -0.2) is 0 Å². The van der Waals surface area contributed by atoms with Gasteiger partial charge in [0.1, 0.15) is 5.75 Å². The van der Waals surface area contributed by atoms with E-state index in [0.29, 0.717) is 24.3 Å². The van der Waals surface area contributed by atoms with Crippen molar-refractivity contribution >= 4 is 22.7 Å². The zero-order valence-corrected chi connectivity index (χ0v) is 17.9. The summed E-state index contributed by atoms with van der Waals surface area (Å²) in [5, 5.41) is 0.880. The number of amides is 2. The van der Waals surface area contributed by atoms with Gasteiger partial charge in [-0.2, -0.15) is 0 Å². The van der Waals surface area contributed by atoms with Crippen molar-refractivity contribution in [2.24, 2.45) is 5.73 Å². The van der Waals surface area contributed by atoms with Crippen molar-refractivity contribution in [3.63, 3.8) is 0 Å². The maximum Gasteiger partial charge on any atom is 0.260 e. The Morgan fingerprint density at radius 3 is 2.61 bits per heavy atom. The molecule has 0 bridgehead atoms. The second-order valence-corrected chi connectivity index (χ2v) is 8.17. The average molecular weight is 418 g/mol. The number of benzene rings is 2. The summed E-state index contributed by atoms with van der Waals surface area (Å²) < 4.78 is 5.86. The van der Waals surface area contributed by atoms with Crippen LogP contribution >= 0.6 is 0 Å². The third-order valence-corrected chi connectivity index (χ3v) is 5.93. The molecule has 2 amide bonds. The number of primary amides is 1. The molecule has 1 aromatic heterocycles. The lowest BCUT2D eigenvalue weighted by atomic mass is 9.90. The Morgan fingerprint density at radius 1 is 1.13 bits per heavy atom. The lowest BCUT2D eigenvalue weighted by Crippen LogP contribution is -2.42. The van der Waals surface area contributed by atoms with Crippen LogP contribution in [0.4, 0.5) is 0 Å². The van der Waals surface area contributed by atoms with Gasteiger partial charge in [-0.1, -0.05) is 36.4 Å². The minimum absolute atomic E-state index is 0.00770.